The Bertz CT molecular complexity index is 1410. The molecule has 0 aliphatic carbocycles. The van der Waals surface area contributed by atoms with Gasteiger partial charge in [0.2, 0.25) is 0 Å². The second-order valence-electron chi connectivity index (χ2n) is 18.5. The van der Waals surface area contributed by atoms with E-state index in [1.54, 1.807) is 20.8 Å². The third-order valence-corrected chi connectivity index (χ3v) is 13.4. The molecule has 0 saturated carbocycles. The fourth-order valence-electron chi connectivity index (χ4n) is 8.88. The lowest BCUT2D eigenvalue weighted by atomic mass is 9.96. The van der Waals surface area contributed by atoms with Gasteiger partial charge in [-0.3, -0.25) is 9.59 Å². The first-order valence-electron chi connectivity index (χ1n) is 23.9. The van der Waals surface area contributed by atoms with Crippen LogP contribution in [0.4, 0.5) is 0 Å². The number of hydrogen-bond acceptors (Lipinski definition) is 19. The van der Waals surface area contributed by atoms with Crippen LogP contribution in [0.15, 0.2) is 0 Å². The molecule has 0 unspecified atom stereocenters. The van der Waals surface area contributed by atoms with Gasteiger partial charge < -0.3 is 83.1 Å². The molecule has 5 saturated heterocycles. The average Bonchev–Trinajstić information content (AvgIpc) is 3.26. The Morgan fingerprint density at radius 1 is 0.594 bits per heavy atom. The van der Waals surface area contributed by atoms with Crippen molar-refractivity contribution in [2.45, 2.75) is 267 Å². The average molecular weight is 923 g/mol. The van der Waals surface area contributed by atoms with E-state index in [1.807, 2.05) is 0 Å². The minimum atomic E-state index is -1.75. The molecule has 5 aliphatic rings. The largest absolute Gasteiger partial charge is 0.456 e. The summed E-state index contributed by atoms with van der Waals surface area (Å²) in [6.07, 6.45) is -17.9. The number of fused-ring (bicyclic) bond motifs is 3. The number of ether oxygens (including phenoxy) is 10. The van der Waals surface area contributed by atoms with E-state index < -0.39 is 141 Å². The molecule has 64 heavy (non-hydrogen) atoms. The molecule has 5 heterocycles. The molecule has 372 valence electrons. The van der Waals surface area contributed by atoms with Crippen LogP contribution in [0.3, 0.4) is 0 Å². The highest BCUT2D eigenvalue weighted by Gasteiger charge is 2.57. The summed E-state index contributed by atoms with van der Waals surface area (Å²) >= 11 is 0. The number of carbonyl (C=O) groups is 2. The second-order valence-corrected chi connectivity index (χ2v) is 18.5. The number of carbonyl (C=O) groups excluding carboxylic acids is 2. The summed E-state index contributed by atoms with van der Waals surface area (Å²) in [5.74, 6) is -2.01. The molecule has 2 bridgehead atoms. The molecule has 5 rings (SSSR count). The van der Waals surface area contributed by atoms with Crippen molar-refractivity contribution >= 4 is 11.9 Å². The third kappa shape index (κ3) is 13.5. The van der Waals surface area contributed by atoms with Crippen molar-refractivity contribution in [3.63, 3.8) is 0 Å². The van der Waals surface area contributed by atoms with E-state index in [2.05, 4.69) is 6.92 Å². The molecule has 0 amide bonds. The zero-order chi connectivity index (χ0) is 46.8. The number of aliphatic hydroxyl groups is 7. The van der Waals surface area contributed by atoms with Gasteiger partial charge in [0.25, 0.3) is 0 Å². The van der Waals surface area contributed by atoms with Gasteiger partial charge >= 0.3 is 11.9 Å². The summed E-state index contributed by atoms with van der Waals surface area (Å²) in [6, 6.07) is 0. The molecule has 0 aromatic rings. The van der Waals surface area contributed by atoms with Gasteiger partial charge in [-0.1, -0.05) is 78.6 Å². The predicted octanol–water partition coefficient (Wildman–Crippen LogP) is 2.01. The molecule has 0 aromatic heterocycles. The Morgan fingerprint density at radius 3 is 1.88 bits per heavy atom. The van der Waals surface area contributed by atoms with Gasteiger partial charge in [-0.2, -0.15) is 0 Å². The molecule has 5 fully saturated rings. The molecule has 5 aliphatic heterocycles. The molecule has 22 atom stereocenters. The molecule has 19 nitrogen and oxygen atoms in total. The normalized spacial score (nSPS) is 45.2. The predicted molar refractivity (Wildman–Crippen MR) is 224 cm³/mol. The van der Waals surface area contributed by atoms with Crippen LogP contribution >= 0.6 is 0 Å². The molecule has 0 spiro atoms. The monoisotopic (exact) mass is 923 g/mol. The number of unbranched alkanes of at least 4 members (excludes halogenated alkanes) is 2. The smallest absolute Gasteiger partial charge is 0.309 e. The number of rotatable bonds is 11. The minimum Gasteiger partial charge on any atom is -0.456 e. The van der Waals surface area contributed by atoms with Crippen LogP contribution in [0.25, 0.3) is 0 Å². The second kappa shape index (κ2) is 25.1. The van der Waals surface area contributed by atoms with E-state index in [-0.39, 0.29) is 12.5 Å². The molecule has 0 aromatic carbocycles. The number of aliphatic hydroxyl groups excluding tert-OH is 7. The van der Waals surface area contributed by atoms with Crippen molar-refractivity contribution in [3.05, 3.63) is 0 Å². The number of hydrogen-bond donors (Lipinski definition) is 7. The SMILES string of the molecule is CCCCC[C@@H]1CCCCCCCCCC(=O)O[C@H]2[C@H](O)[C@@H](C)O[C@@H](O[C@H]3[C@H](O1)O[C@H](C)[C@@H](O)[C@@H]3O)[C@@H]2O[C@@H]1O[C@@H](C)[C@H](O[C@@H]2O[C@H](C)[C@@H](O)[C@H](O)[C@H]2O)[C@@H](O)[C@H]1OC(=O)[C@@H](C)CC. The lowest BCUT2D eigenvalue weighted by molar-refractivity contribution is -0.397. The highest BCUT2D eigenvalue weighted by atomic mass is 16.8. The first-order chi connectivity index (χ1) is 30.5. The van der Waals surface area contributed by atoms with E-state index >= 15 is 0 Å². The van der Waals surface area contributed by atoms with Gasteiger partial charge in [-0.05, 0) is 53.4 Å². The van der Waals surface area contributed by atoms with Gasteiger partial charge in [-0.25, -0.2) is 0 Å². The molecular formula is C45H78O19. The van der Waals surface area contributed by atoms with Crippen LogP contribution in [0.1, 0.15) is 138 Å². The lowest BCUT2D eigenvalue weighted by Crippen LogP contribution is -2.67. The highest BCUT2D eigenvalue weighted by molar-refractivity contribution is 5.72. The fourth-order valence-corrected chi connectivity index (χ4v) is 8.88. The van der Waals surface area contributed by atoms with Gasteiger partial charge in [0.15, 0.2) is 43.5 Å². The van der Waals surface area contributed by atoms with E-state index in [0.29, 0.717) is 12.8 Å². The van der Waals surface area contributed by atoms with Crippen LogP contribution in [-0.4, -0.2) is 177 Å². The summed E-state index contributed by atoms with van der Waals surface area (Å²) in [5.41, 5.74) is 0. The van der Waals surface area contributed by atoms with Gasteiger partial charge in [0.1, 0.15) is 54.9 Å². The Labute approximate surface area is 377 Å². The minimum absolute atomic E-state index is 0.0363. The van der Waals surface area contributed by atoms with Gasteiger partial charge in [0, 0.05) is 6.42 Å². The first-order valence-corrected chi connectivity index (χ1v) is 23.9. The Kier molecular flexibility index (Phi) is 20.9. The quantitative estimate of drug-likeness (QED) is 0.115. The van der Waals surface area contributed by atoms with E-state index in [0.717, 1.165) is 70.6 Å². The summed E-state index contributed by atoms with van der Waals surface area (Å²) < 4.78 is 62.0. The maximum Gasteiger partial charge on any atom is 0.309 e. The summed E-state index contributed by atoms with van der Waals surface area (Å²) in [7, 11) is 0. The van der Waals surface area contributed by atoms with Crippen molar-refractivity contribution < 1.29 is 92.7 Å². The first kappa shape index (κ1) is 53.3. The maximum absolute atomic E-state index is 13.6. The topological polar surface area (TPSA) is 268 Å². The van der Waals surface area contributed by atoms with Crippen molar-refractivity contribution in [2.75, 3.05) is 0 Å². The zero-order valence-corrected chi connectivity index (χ0v) is 38.6. The highest BCUT2D eigenvalue weighted by Crippen LogP contribution is 2.37. The van der Waals surface area contributed by atoms with Crippen LogP contribution in [0.2, 0.25) is 0 Å². The van der Waals surface area contributed by atoms with E-state index in [9.17, 15) is 45.3 Å². The van der Waals surface area contributed by atoms with Crippen molar-refractivity contribution in [1.29, 1.82) is 0 Å². The van der Waals surface area contributed by atoms with Crippen LogP contribution in [0.5, 0.6) is 0 Å². The Balaban J connectivity index is 1.51. The Morgan fingerprint density at radius 2 is 1.19 bits per heavy atom. The molecule has 19 heteroatoms. The standard InChI is InChI=1S/C45H78O19/c1-8-10-16-19-27-20-17-14-12-11-13-15-18-21-28(46)60-37-31(49)25(6)57-45(63-38-33(51)30(48)24(5)56-43(38)59-27)40(37)64-44-39(61-41(54)22(3)9-2)35(53)36(26(7)58-44)62-42-34(52)32(50)29(47)23(4)55-42/h22-27,29-40,42-45,47-53H,8-21H2,1-7H3/t22-,23+,24+,25+,26-,27+,29+,30+,31+,32-,33-,34+,35+,36-,37-,38+,39+,40+,42-,43-,44-,45-/m0/s1. The maximum atomic E-state index is 13.6. The van der Waals surface area contributed by atoms with Crippen molar-refractivity contribution in [3.8, 4) is 0 Å². The van der Waals surface area contributed by atoms with E-state index in [1.165, 1.54) is 20.8 Å². The Hall–Kier alpha value is -1.66. The van der Waals surface area contributed by atoms with Gasteiger partial charge in [-0.15, -0.1) is 0 Å². The molecule has 0 radical (unpaired) electrons. The summed E-state index contributed by atoms with van der Waals surface area (Å²) in [5, 5.41) is 78.0. The van der Waals surface area contributed by atoms with Crippen molar-refractivity contribution in [1.82, 2.24) is 0 Å². The zero-order valence-electron chi connectivity index (χ0n) is 38.6. The van der Waals surface area contributed by atoms with Crippen LogP contribution < -0.4 is 0 Å². The summed E-state index contributed by atoms with van der Waals surface area (Å²) in [4.78, 5) is 27.0. The van der Waals surface area contributed by atoms with Crippen LogP contribution in [-0.2, 0) is 57.0 Å². The lowest BCUT2D eigenvalue weighted by Gasteiger charge is -2.50. The summed E-state index contributed by atoms with van der Waals surface area (Å²) in [6.45, 7) is 11.6. The third-order valence-electron chi connectivity index (χ3n) is 13.4. The number of esters is 2. The fraction of sp³-hybridized carbons (Fsp3) is 0.956. The molecule has 7 N–H and O–H groups in total. The van der Waals surface area contributed by atoms with Crippen molar-refractivity contribution in [2.24, 2.45) is 5.92 Å². The van der Waals surface area contributed by atoms with Crippen LogP contribution in [0, 0.1) is 5.92 Å². The molecular weight excluding hydrogens is 844 g/mol. The van der Waals surface area contributed by atoms with E-state index in [4.69, 9.17) is 47.4 Å². The van der Waals surface area contributed by atoms with Gasteiger partial charge in [0.05, 0.1) is 36.4 Å².